The van der Waals surface area contributed by atoms with Crippen molar-refractivity contribution in [2.24, 2.45) is 5.92 Å². The summed E-state index contributed by atoms with van der Waals surface area (Å²) in [5.41, 5.74) is 0.955. The van der Waals surface area contributed by atoms with Gasteiger partial charge in [0.05, 0.1) is 6.20 Å². The third-order valence-electron chi connectivity index (χ3n) is 3.89. The Morgan fingerprint density at radius 3 is 2.79 bits per heavy atom. The van der Waals surface area contributed by atoms with Crippen LogP contribution in [0, 0.1) is 11.7 Å². The van der Waals surface area contributed by atoms with E-state index in [2.05, 4.69) is 22.1 Å². The van der Waals surface area contributed by atoms with Crippen LogP contribution >= 0.6 is 0 Å². The minimum absolute atomic E-state index is 0.255. The zero-order chi connectivity index (χ0) is 13.7. The smallest absolute Gasteiger partial charge is 0.141 e. The van der Waals surface area contributed by atoms with Gasteiger partial charge in [-0.2, -0.15) is 0 Å². The fourth-order valence-electron chi connectivity index (χ4n) is 2.92. The molecular formula is C15H24FN3. The Morgan fingerprint density at radius 2 is 2.16 bits per heavy atom. The lowest BCUT2D eigenvalue weighted by Crippen LogP contribution is -2.35. The third kappa shape index (κ3) is 3.66. The van der Waals surface area contributed by atoms with Crippen LogP contribution in [0.25, 0.3) is 0 Å². The lowest BCUT2D eigenvalue weighted by Gasteiger charge is -2.33. The number of rotatable bonds is 5. The summed E-state index contributed by atoms with van der Waals surface area (Å²) >= 11 is 0. The SMILES string of the molecule is CCCC1CCN(c2ncc(F)cc2CNC)CC1. The summed E-state index contributed by atoms with van der Waals surface area (Å²) < 4.78 is 13.3. The minimum atomic E-state index is -0.255. The molecule has 106 valence electrons. The highest BCUT2D eigenvalue weighted by Gasteiger charge is 2.21. The summed E-state index contributed by atoms with van der Waals surface area (Å²) in [6.07, 6.45) is 6.38. The largest absolute Gasteiger partial charge is 0.356 e. The van der Waals surface area contributed by atoms with Gasteiger partial charge >= 0.3 is 0 Å². The van der Waals surface area contributed by atoms with Crippen molar-refractivity contribution in [3.05, 3.63) is 23.6 Å². The first-order chi connectivity index (χ1) is 9.24. The highest BCUT2D eigenvalue weighted by atomic mass is 19.1. The molecule has 1 fully saturated rings. The van der Waals surface area contributed by atoms with E-state index in [0.717, 1.165) is 30.4 Å². The molecule has 0 aliphatic carbocycles. The van der Waals surface area contributed by atoms with Gasteiger partial charge in [0.25, 0.3) is 0 Å². The number of nitrogens with zero attached hydrogens (tertiary/aromatic N) is 2. The molecule has 0 bridgehead atoms. The van der Waals surface area contributed by atoms with Crippen molar-refractivity contribution in [2.45, 2.75) is 39.2 Å². The second kappa shape index (κ2) is 6.85. The van der Waals surface area contributed by atoms with Crippen molar-refractivity contribution < 1.29 is 4.39 Å². The van der Waals surface area contributed by atoms with Gasteiger partial charge in [-0.15, -0.1) is 0 Å². The Kier molecular flexibility index (Phi) is 5.14. The van der Waals surface area contributed by atoms with E-state index in [-0.39, 0.29) is 5.82 Å². The van der Waals surface area contributed by atoms with Crippen molar-refractivity contribution >= 4 is 5.82 Å². The Morgan fingerprint density at radius 1 is 1.42 bits per heavy atom. The summed E-state index contributed by atoms with van der Waals surface area (Å²) in [6, 6.07) is 1.59. The molecule has 0 radical (unpaired) electrons. The molecule has 0 aromatic carbocycles. The fraction of sp³-hybridized carbons (Fsp3) is 0.667. The van der Waals surface area contributed by atoms with E-state index in [1.54, 1.807) is 6.07 Å². The maximum absolute atomic E-state index is 13.3. The number of anilines is 1. The van der Waals surface area contributed by atoms with E-state index < -0.39 is 0 Å². The van der Waals surface area contributed by atoms with Crippen LogP contribution in [0.4, 0.5) is 10.2 Å². The van der Waals surface area contributed by atoms with E-state index in [9.17, 15) is 4.39 Å². The lowest BCUT2D eigenvalue weighted by atomic mass is 9.92. The zero-order valence-corrected chi connectivity index (χ0v) is 12.0. The normalized spacial score (nSPS) is 16.9. The first kappa shape index (κ1) is 14.3. The topological polar surface area (TPSA) is 28.2 Å². The molecule has 0 amide bonds. The number of nitrogens with one attached hydrogen (secondary N) is 1. The van der Waals surface area contributed by atoms with Crippen LogP contribution < -0.4 is 10.2 Å². The van der Waals surface area contributed by atoms with Crippen molar-refractivity contribution in [1.82, 2.24) is 10.3 Å². The summed E-state index contributed by atoms with van der Waals surface area (Å²) in [5.74, 6) is 1.55. The number of hydrogen-bond donors (Lipinski definition) is 1. The van der Waals surface area contributed by atoms with E-state index in [1.165, 1.54) is 31.9 Å². The Labute approximate surface area is 115 Å². The van der Waals surface area contributed by atoms with Gasteiger partial charge in [0.15, 0.2) is 0 Å². The molecule has 2 rings (SSSR count). The standard InChI is InChI=1S/C15H24FN3/c1-3-4-12-5-7-19(8-6-12)15-13(10-17-2)9-14(16)11-18-15/h9,11-12,17H,3-8,10H2,1-2H3. The molecule has 4 heteroatoms. The number of halogens is 1. The highest BCUT2D eigenvalue weighted by molar-refractivity contribution is 5.47. The van der Waals surface area contributed by atoms with E-state index in [4.69, 9.17) is 0 Å². The van der Waals surface area contributed by atoms with Gasteiger partial charge in [0.1, 0.15) is 11.6 Å². The maximum Gasteiger partial charge on any atom is 0.141 e. The number of aromatic nitrogens is 1. The van der Waals surface area contributed by atoms with Crippen LogP contribution in [-0.4, -0.2) is 25.1 Å². The van der Waals surface area contributed by atoms with Gasteiger partial charge < -0.3 is 10.2 Å². The van der Waals surface area contributed by atoms with Crippen LogP contribution in [-0.2, 0) is 6.54 Å². The summed E-state index contributed by atoms with van der Waals surface area (Å²) in [5, 5.41) is 3.09. The molecule has 0 unspecified atom stereocenters. The Balaban J connectivity index is 2.06. The summed E-state index contributed by atoms with van der Waals surface area (Å²) in [4.78, 5) is 6.61. The van der Waals surface area contributed by atoms with Gasteiger partial charge in [-0.3, -0.25) is 0 Å². The quantitative estimate of drug-likeness (QED) is 0.887. The van der Waals surface area contributed by atoms with Crippen LogP contribution in [0.5, 0.6) is 0 Å². The predicted octanol–water partition coefficient (Wildman–Crippen LogP) is 2.96. The predicted molar refractivity (Wildman–Crippen MR) is 76.8 cm³/mol. The average molecular weight is 265 g/mol. The lowest BCUT2D eigenvalue weighted by molar-refractivity contribution is 0.376. The molecule has 1 saturated heterocycles. The zero-order valence-electron chi connectivity index (χ0n) is 12.0. The number of piperidine rings is 1. The first-order valence-corrected chi connectivity index (χ1v) is 7.28. The molecule has 0 spiro atoms. The molecule has 0 atom stereocenters. The second-order valence-corrected chi connectivity index (χ2v) is 5.39. The van der Waals surface area contributed by atoms with E-state index in [0.29, 0.717) is 6.54 Å². The van der Waals surface area contributed by atoms with Crippen molar-refractivity contribution in [3.63, 3.8) is 0 Å². The van der Waals surface area contributed by atoms with Gasteiger partial charge in [0.2, 0.25) is 0 Å². The molecule has 1 aliphatic heterocycles. The van der Waals surface area contributed by atoms with Gasteiger partial charge in [-0.05, 0) is 31.9 Å². The van der Waals surface area contributed by atoms with Crippen LogP contribution in [0.15, 0.2) is 12.3 Å². The van der Waals surface area contributed by atoms with Gasteiger partial charge in [-0.25, -0.2) is 9.37 Å². The third-order valence-corrected chi connectivity index (χ3v) is 3.89. The molecule has 2 heterocycles. The van der Waals surface area contributed by atoms with Crippen molar-refractivity contribution in [2.75, 3.05) is 25.0 Å². The second-order valence-electron chi connectivity index (χ2n) is 5.39. The first-order valence-electron chi connectivity index (χ1n) is 7.28. The molecule has 1 aromatic heterocycles. The molecule has 1 aliphatic rings. The Hall–Kier alpha value is -1.16. The number of pyridine rings is 1. The number of hydrogen-bond acceptors (Lipinski definition) is 3. The Bertz CT molecular complexity index is 400. The maximum atomic E-state index is 13.3. The highest BCUT2D eigenvalue weighted by Crippen LogP contribution is 2.27. The monoisotopic (exact) mass is 265 g/mol. The molecular weight excluding hydrogens is 241 g/mol. The molecule has 0 saturated carbocycles. The van der Waals surface area contributed by atoms with E-state index >= 15 is 0 Å². The fourth-order valence-corrected chi connectivity index (χ4v) is 2.92. The molecule has 1 aromatic rings. The summed E-state index contributed by atoms with van der Waals surface area (Å²) in [7, 11) is 1.88. The molecule has 1 N–H and O–H groups in total. The van der Waals surface area contributed by atoms with Crippen molar-refractivity contribution in [3.8, 4) is 0 Å². The molecule has 19 heavy (non-hydrogen) atoms. The van der Waals surface area contributed by atoms with Gasteiger partial charge in [0, 0.05) is 25.2 Å². The van der Waals surface area contributed by atoms with Crippen LogP contribution in [0.1, 0.15) is 38.2 Å². The van der Waals surface area contributed by atoms with Crippen LogP contribution in [0.2, 0.25) is 0 Å². The minimum Gasteiger partial charge on any atom is -0.356 e. The van der Waals surface area contributed by atoms with Crippen molar-refractivity contribution in [1.29, 1.82) is 0 Å². The summed E-state index contributed by atoms with van der Waals surface area (Å²) in [6.45, 7) is 4.99. The van der Waals surface area contributed by atoms with E-state index in [1.807, 2.05) is 7.05 Å². The molecule has 3 nitrogen and oxygen atoms in total. The average Bonchev–Trinajstić information content (AvgIpc) is 2.41. The van der Waals surface area contributed by atoms with Gasteiger partial charge in [-0.1, -0.05) is 19.8 Å². The van der Waals surface area contributed by atoms with Crippen LogP contribution in [0.3, 0.4) is 0 Å².